The van der Waals surface area contributed by atoms with Crippen molar-refractivity contribution in [3.8, 4) is 0 Å². The zero-order valence-corrected chi connectivity index (χ0v) is 7.55. The number of aliphatic hydroxyl groups excluding tert-OH is 2. The first-order valence-corrected chi connectivity index (χ1v) is 3.75. The lowest BCUT2D eigenvalue weighted by Gasteiger charge is -2.11. The van der Waals surface area contributed by atoms with Crippen molar-refractivity contribution in [2.45, 2.75) is 25.0 Å². The van der Waals surface area contributed by atoms with Gasteiger partial charge in [-0.15, -0.1) is 12.4 Å². The highest BCUT2D eigenvalue weighted by molar-refractivity contribution is 5.85. The van der Waals surface area contributed by atoms with Crippen LogP contribution >= 0.6 is 12.4 Å². The summed E-state index contributed by atoms with van der Waals surface area (Å²) in [5.74, 6) is 0. The molecule has 0 saturated carbocycles. The molecule has 11 heavy (non-hydrogen) atoms. The summed E-state index contributed by atoms with van der Waals surface area (Å²) in [6, 6.07) is 0. The summed E-state index contributed by atoms with van der Waals surface area (Å²) in [6.07, 6.45) is 0.366. The van der Waals surface area contributed by atoms with Crippen LogP contribution in [0.4, 0.5) is 0 Å². The number of rotatable bonds is 0. The predicted molar refractivity (Wildman–Crippen MR) is 46.0 cm³/mol. The van der Waals surface area contributed by atoms with Gasteiger partial charge in [0.1, 0.15) is 0 Å². The van der Waals surface area contributed by atoms with Gasteiger partial charge in [0.05, 0.1) is 12.2 Å². The topological polar surface area (TPSA) is 43.7 Å². The largest absolute Gasteiger partial charge is 0.390 e. The second-order valence-corrected chi connectivity index (χ2v) is 3.02. The van der Waals surface area contributed by atoms with Crippen LogP contribution < -0.4 is 0 Å². The smallest absolute Gasteiger partial charge is 0.0811 e. The van der Waals surface area contributed by atoms with Crippen molar-refractivity contribution in [1.29, 1.82) is 0 Å². The minimum absolute atomic E-state index is 0. The molecule has 1 rings (SSSR count). The molecule has 0 aromatic rings. The Kier molecular flexibility index (Phi) is 5.01. The fourth-order valence-electron chi connectivity index (χ4n) is 1.20. The van der Waals surface area contributed by atoms with Crippen molar-refractivity contribution in [2.24, 2.45) is 0 Å². The van der Waals surface area contributed by atoms with E-state index in [0.29, 0.717) is 12.8 Å². The van der Waals surface area contributed by atoms with E-state index in [1.165, 1.54) is 0 Å². The molecule has 0 bridgehead atoms. The Morgan fingerprint density at radius 1 is 1.09 bits per heavy atom. The lowest BCUT2D eigenvalue weighted by atomic mass is 10.1. The van der Waals surface area contributed by atoms with E-state index < -0.39 is 12.2 Å². The van der Waals surface area contributed by atoms with Crippen molar-refractivity contribution in [3.05, 3.63) is 0 Å². The van der Waals surface area contributed by atoms with Gasteiger partial charge < -0.3 is 15.1 Å². The van der Waals surface area contributed by atoms with Gasteiger partial charge in [-0.2, -0.15) is 0 Å². The molecule has 1 aliphatic heterocycles. The number of hydrogen-bond donors (Lipinski definition) is 2. The Labute approximate surface area is 73.4 Å². The molecule has 0 unspecified atom stereocenters. The van der Waals surface area contributed by atoms with Gasteiger partial charge in [0.25, 0.3) is 0 Å². The summed E-state index contributed by atoms with van der Waals surface area (Å²) in [4.78, 5) is 2.12. The van der Waals surface area contributed by atoms with Crippen LogP contribution in [-0.2, 0) is 0 Å². The molecule has 0 aromatic heterocycles. The van der Waals surface area contributed by atoms with Crippen LogP contribution in [0.3, 0.4) is 0 Å². The molecule has 1 aliphatic rings. The molecule has 0 aliphatic carbocycles. The van der Waals surface area contributed by atoms with E-state index in [-0.39, 0.29) is 12.4 Å². The van der Waals surface area contributed by atoms with Crippen LogP contribution in [0.1, 0.15) is 12.8 Å². The second kappa shape index (κ2) is 4.93. The van der Waals surface area contributed by atoms with Crippen molar-refractivity contribution in [1.82, 2.24) is 4.90 Å². The molecule has 0 spiro atoms. The normalized spacial score (nSPS) is 34.1. The fraction of sp³-hybridized carbons (Fsp3) is 1.00. The fourth-order valence-corrected chi connectivity index (χ4v) is 1.20. The molecule has 1 heterocycles. The lowest BCUT2D eigenvalue weighted by Crippen LogP contribution is -2.24. The minimum Gasteiger partial charge on any atom is -0.390 e. The van der Waals surface area contributed by atoms with E-state index in [4.69, 9.17) is 0 Å². The number of halogens is 1. The Bertz CT molecular complexity index is 101. The van der Waals surface area contributed by atoms with Crippen LogP contribution in [0.2, 0.25) is 0 Å². The van der Waals surface area contributed by atoms with Crippen molar-refractivity contribution >= 4 is 12.4 Å². The lowest BCUT2D eigenvalue weighted by molar-refractivity contribution is 0.0187. The van der Waals surface area contributed by atoms with Gasteiger partial charge in [0, 0.05) is 13.1 Å². The van der Waals surface area contributed by atoms with Crippen LogP contribution in [0.5, 0.6) is 0 Å². The quantitative estimate of drug-likeness (QED) is 0.547. The molecular formula is C7H16ClNO2. The van der Waals surface area contributed by atoms with E-state index in [1.807, 2.05) is 7.05 Å². The Morgan fingerprint density at radius 3 is 1.82 bits per heavy atom. The zero-order valence-electron chi connectivity index (χ0n) is 6.73. The van der Waals surface area contributed by atoms with Gasteiger partial charge in [0.15, 0.2) is 0 Å². The summed E-state index contributed by atoms with van der Waals surface area (Å²) in [5, 5.41) is 18.4. The average molecular weight is 182 g/mol. The maximum absolute atomic E-state index is 9.20. The van der Waals surface area contributed by atoms with Crippen molar-refractivity contribution in [3.63, 3.8) is 0 Å². The molecular weight excluding hydrogens is 166 g/mol. The molecule has 2 atom stereocenters. The maximum atomic E-state index is 9.20. The average Bonchev–Trinajstić information content (AvgIpc) is 2.04. The molecule has 68 valence electrons. The summed E-state index contributed by atoms with van der Waals surface area (Å²) in [6.45, 7) is 1.77. The summed E-state index contributed by atoms with van der Waals surface area (Å²) in [7, 11) is 2.00. The van der Waals surface area contributed by atoms with Crippen LogP contribution in [0.25, 0.3) is 0 Å². The monoisotopic (exact) mass is 181 g/mol. The van der Waals surface area contributed by atoms with Gasteiger partial charge in [0.2, 0.25) is 0 Å². The number of aliphatic hydroxyl groups is 2. The number of hydrogen-bond acceptors (Lipinski definition) is 3. The van der Waals surface area contributed by atoms with Crippen molar-refractivity contribution in [2.75, 3.05) is 20.1 Å². The number of likely N-dealkylation sites (tertiary alicyclic amines) is 1. The van der Waals surface area contributed by atoms with E-state index in [2.05, 4.69) is 4.90 Å². The van der Waals surface area contributed by atoms with Crippen LogP contribution in [-0.4, -0.2) is 47.5 Å². The van der Waals surface area contributed by atoms with E-state index >= 15 is 0 Å². The van der Waals surface area contributed by atoms with Crippen LogP contribution in [0.15, 0.2) is 0 Å². The molecule has 2 N–H and O–H groups in total. The first-order chi connectivity index (χ1) is 4.70. The third-order valence-electron chi connectivity index (χ3n) is 2.06. The highest BCUT2D eigenvalue weighted by Crippen LogP contribution is 2.09. The molecule has 0 aromatic carbocycles. The first kappa shape index (κ1) is 11.2. The number of nitrogens with zero attached hydrogens (tertiary/aromatic N) is 1. The molecule has 0 radical (unpaired) electrons. The van der Waals surface area contributed by atoms with Gasteiger partial charge >= 0.3 is 0 Å². The van der Waals surface area contributed by atoms with E-state index in [9.17, 15) is 10.2 Å². The Hall–Kier alpha value is 0.170. The van der Waals surface area contributed by atoms with Gasteiger partial charge in [-0.25, -0.2) is 0 Å². The highest BCUT2D eigenvalue weighted by atomic mass is 35.5. The van der Waals surface area contributed by atoms with Gasteiger partial charge in [-0.3, -0.25) is 0 Å². The SMILES string of the molecule is CN1CC[C@@H](O)[C@@H](O)CC1.Cl. The van der Waals surface area contributed by atoms with E-state index in [0.717, 1.165) is 13.1 Å². The van der Waals surface area contributed by atoms with Crippen molar-refractivity contribution < 1.29 is 10.2 Å². The minimum atomic E-state index is -0.509. The van der Waals surface area contributed by atoms with E-state index in [1.54, 1.807) is 0 Å². The molecule has 0 amide bonds. The highest BCUT2D eigenvalue weighted by Gasteiger charge is 2.20. The molecule has 1 saturated heterocycles. The first-order valence-electron chi connectivity index (χ1n) is 3.75. The Morgan fingerprint density at radius 2 is 1.45 bits per heavy atom. The standard InChI is InChI=1S/C7H15NO2.ClH/c1-8-4-2-6(9)7(10)3-5-8;/h6-7,9-10H,2-5H2,1H3;1H/t6-,7+;. The van der Waals surface area contributed by atoms with Crippen LogP contribution in [0, 0.1) is 0 Å². The summed E-state index contributed by atoms with van der Waals surface area (Å²) < 4.78 is 0. The molecule has 3 nitrogen and oxygen atoms in total. The zero-order chi connectivity index (χ0) is 7.56. The molecule has 1 fully saturated rings. The Balaban J connectivity index is 0.000001000. The summed E-state index contributed by atoms with van der Waals surface area (Å²) >= 11 is 0. The van der Waals surface area contributed by atoms with Gasteiger partial charge in [-0.1, -0.05) is 0 Å². The molecule has 4 heteroatoms. The third kappa shape index (κ3) is 3.38. The summed E-state index contributed by atoms with van der Waals surface area (Å²) in [5.41, 5.74) is 0. The maximum Gasteiger partial charge on any atom is 0.0811 e. The second-order valence-electron chi connectivity index (χ2n) is 3.02. The third-order valence-corrected chi connectivity index (χ3v) is 2.06. The van der Waals surface area contributed by atoms with Gasteiger partial charge in [-0.05, 0) is 19.9 Å². The predicted octanol–water partition coefficient (Wildman–Crippen LogP) is -0.144.